The summed E-state index contributed by atoms with van der Waals surface area (Å²) in [7, 11) is 0. The molecule has 18 heavy (non-hydrogen) atoms. The van der Waals surface area contributed by atoms with Crippen LogP contribution in [0.5, 0.6) is 0 Å². The molecule has 0 amide bonds. The molecule has 5 heteroatoms. The summed E-state index contributed by atoms with van der Waals surface area (Å²) < 4.78 is 0.911. The van der Waals surface area contributed by atoms with E-state index in [0.29, 0.717) is 15.6 Å². The van der Waals surface area contributed by atoms with E-state index >= 15 is 0 Å². The van der Waals surface area contributed by atoms with E-state index in [-0.39, 0.29) is 0 Å². The lowest BCUT2D eigenvalue weighted by Crippen LogP contribution is -1.85. The molecule has 0 aromatic heterocycles. The zero-order valence-corrected chi connectivity index (χ0v) is 12.9. The molecule has 0 aliphatic rings. The molecule has 0 atom stereocenters. The number of halogens is 3. The van der Waals surface area contributed by atoms with Gasteiger partial charge in [-0.3, -0.25) is 4.79 Å². The molecule has 0 bridgehead atoms. The second-order valence-corrected chi connectivity index (χ2v) is 6.32. The third-order valence-corrected chi connectivity index (χ3v) is 4.52. The van der Waals surface area contributed by atoms with Crippen molar-refractivity contribution in [2.24, 2.45) is 0 Å². The van der Waals surface area contributed by atoms with Gasteiger partial charge in [0.05, 0.1) is 5.02 Å². The second kappa shape index (κ2) is 6.11. The maximum absolute atomic E-state index is 11.0. The summed E-state index contributed by atoms with van der Waals surface area (Å²) in [5, 5.41) is 1.23. The Kier molecular flexibility index (Phi) is 4.73. The molecule has 2 aromatic carbocycles. The van der Waals surface area contributed by atoms with Gasteiger partial charge in [0.1, 0.15) is 0 Å². The highest BCUT2D eigenvalue weighted by atomic mass is 79.9. The maximum Gasteiger partial charge on any atom is 0.151 e. The van der Waals surface area contributed by atoms with Gasteiger partial charge >= 0.3 is 0 Å². The van der Waals surface area contributed by atoms with Crippen LogP contribution in [0.4, 0.5) is 0 Å². The van der Waals surface area contributed by atoms with Crippen molar-refractivity contribution in [3.63, 3.8) is 0 Å². The normalized spacial score (nSPS) is 10.4. The van der Waals surface area contributed by atoms with Gasteiger partial charge < -0.3 is 0 Å². The molecule has 1 nitrogen and oxygen atoms in total. The molecule has 0 unspecified atom stereocenters. The first-order valence-electron chi connectivity index (χ1n) is 4.98. The van der Waals surface area contributed by atoms with Gasteiger partial charge in [-0.1, -0.05) is 50.9 Å². The average molecular weight is 362 g/mol. The fourth-order valence-corrected chi connectivity index (χ4v) is 3.36. The van der Waals surface area contributed by atoms with Crippen molar-refractivity contribution in [3.05, 3.63) is 56.5 Å². The molecule has 0 saturated heterocycles. The second-order valence-electron chi connectivity index (χ2n) is 3.48. The number of hydrogen-bond acceptors (Lipinski definition) is 2. The Bertz CT molecular complexity index is 602. The van der Waals surface area contributed by atoms with E-state index in [1.54, 1.807) is 24.3 Å². The molecule has 0 heterocycles. The van der Waals surface area contributed by atoms with E-state index in [9.17, 15) is 4.79 Å². The lowest BCUT2D eigenvalue weighted by molar-refractivity contribution is 0.112. The Hall–Kier alpha value is -0.480. The Balaban J connectivity index is 2.41. The molecule has 2 rings (SSSR count). The predicted octanol–water partition coefficient (Wildman–Crippen LogP) is 5.72. The van der Waals surface area contributed by atoms with Crippen LogP contribution in [0.25, 0.3) is 0 Å². The van der Waals surface area contributed by atoms with Gasteiger partial charge in [-0.25, -0.2) is 0 Å². The van der Waals surface area contributed by atoms with Gasteiger partial charge in [0.15, 0.2) is 6.29 Å². The van der Waals surface area contributed by atoms with E-state index in [0.717, 1.165) is 20.5 Å². The highest BCUT2D eigenvalue weighted by Gasteiger charge is 2.08. The third kappa shape index (κ3) is 3.29. The molecular formula is C13H7BrCl2OS. The van der Waals surface area contributed by atoms with Crippen molar-refractivity contribution in [2.45, 2.75) is 9.79 Å². The molecule has 0 N–H and O–H groups in total. The fraction of sp³-hybridized carbons (Fsp3) is 0. The van der Waals surface area contributed by atoms with Crippen molar-refractivity contribution in [3.8, 4) is 0 Å². The van der Waals surface area contributed by atoms with Crippen LogP contribution in [-0.4, -0.2) is 6.29 Å². The van der Waals surface area contributed by atoms with E-state index in [4.69, 9.17) is 23.2 Å². The van der Waals surface area contributed by atoms with Crippen LogP contribution in [0.1, 0.15) is 10.4 Å². The van der Waals surface area contributed by atoms with Crippen LogP contribution in [-0.2, 0) is 0 Å². The Morgan fingerprint density at radius 3 is 2.56 bits per heavy atom. The highest BCUT2D eigenvalue weighted by Crippen LogP contribution is 2.37. The third-order valence-electron chi connectivity index (χ3n) is 2.22. The minimum Gasteiger partial charge on any atom is -0.298 e. The summed E-state index contributed by atoms with van der Waals surface area (Å²) in [6.45, 7) is 0. The number of hydrogen-bond donors (Lipinski definition) is 0. The monoisotopic (exact) mass is 360 g/mol. The summed E-state index contributed by atoms with van der Waals surface area (Å²) in [6, 6.07) is 10.7. The zero-order chi connectivity index (χ0) is 13.1. The standard InChI is InChI=1S/C13H7BrCl2OS/c14-9-2-1-8(7-17)12(5-9)18-13-6-10(15)3-4-11(13)16/h1-7H. The molecule has 0 radical (unpaired) electrons. The smallest absolute Gasteiger partial charge is 0.151 e. The zero-order valence-electron chi connectivity index (χ0n) is 8.99. The van der Waals surface area contributed by atoms with Crippen LogP contribution < -0.4 is 0 Å². The number of benzene rings is 2. The topological polar surface area (TPSA) is 17.1 Å². The van der Waals surface area contributed by atoms with Gasteiger partial charge in [-0.2, -0.15) is 0 Å². The molecular weight excluding hydrogens is 355 g/mol. The molecule has 0 fully saturated rings. The molecule has 0 spiro atoms. The Morgan fingerprint density at radius 1 is 1.06 bits per heavy atom. The van der Waals surface area contributed by atoms with E-state index < -0.39 is 0 Å². The van der Waals surface area contributed by atoms with Gasteiger partial charge in [0.2, 0.25) is 0 Å². The van der Waals surface area contributed by atoms with Crippen LogP contribution in [0.15, 0.2) is 50.7 Å². The number of carbonyl (C=O) groups is 1. The molecule has 92 valence electrons. The quantitative estimate of drug-likeness (QED) is 0.650. The summed E-state index contributed by atoms with van der Waals surface area (Å²) in [5.74, 6) is 0. The van der Waals surface area contributed by atoms with Crippen molar-refractivity contribution in [1.29, 1.82) is 0 Å². The molecule has 0 aliphatic heterocycles. The van der Waals surface area contributed by atoms with Crippen molar-refractivity contribution in [2.75, 3.05) is 0 Å². The predicted molar refractivity (Wildman–Crippen MR) is 80.1 cm³/mol. The Labute approximate surface area is 128 Å². The average Bonchev–Trinajstić information content (AvgIpc) is 2.34. The minimum absolute atomic E-state index is 0.612. The molecule has 0 saturated carbocycles. The van der Waals surface area contributed by atoms with Crippen LogP contribution >= 0.6 is 50.9 Å². The minimum atomic E-state index is 0.612. The van der Waals surface area contributed by atoms with Crippen molar-refractivity contribution in [1.82, 2.24) is 0 Å². The van der Waals surface area contributed by atoms with E-state index in [1.165, 1.54) is 11.8 Å². The number of rotatable bonds is 3. The first-order chi connectivity index (χ1) is 8.60. The summed E-state index contributed by atoms with van der Waals surface area (Å²) in [6.07, 6.45) is 0.827. The SMILES string of the molecule is O=Cc1ccc(Br)cc1Sc1cc(Cl)ccc1Cl. The van der Waals surface area contributed by atoms with E-state index in [2.05, 4.69) is 15.9 Å². The largest absolute Gasteiger partial charge is 0.298 e. The van der Waals surface area contributed by atoms with Crippen molar-refractivity contribution >= 4 is 57.2 Å². The van der Waals surface area contributed by atoms with Gasteiger partial charge in [-0.15, -0.1) is 0 Å². The van der Waals surface area contributed by atoms with Gasteiger partial charge in [0, 0.05) is 24.8 Å². The van der Waals surface area contributed by atoms with Gasteiger partial charge in [0.25, 0.3) is 0 Å². The fourth-order valence-electron chi connectivity index (χ4n) is 1.37. The Morgan fingerprint density at radius 2 is 1.83 bits per heavy atom. The summed E-state index contributed by atoms with van der Waals surface area (Å²) in [4.78, 5) is 12.7. The lowest BCUT2D eigenvalue weighted by Gasteiger charge is -2.07. The first kappa shape index (κ1) is 13.9. The molecule has 2 aromatic rings. The highest BCUT2D eigenvalue weighted by molar-refractivity contribution is 9.10. The number of carbonyl (C=O) groups excluding carboxylic acids is 1. The van der Waals surface area contributed by atoms with Crippen LogP contribution in [0.3, 0.4) is 0 Å². The first-order valence-corrected chi connectivity index (χ1v) is 7.34. The number of aldehydes is 1. The van der Waals surface area contributed by atoms with Crippen LogP contribution in [0, 0.1) is 0 Å². The van der Waals surface area contributed by atoms with Crippen molar-refractivity contribution < 1.29 is 4.79 Å². The summed E-state index contributed by atoms with van der Waals surface area (Å²) in [5.41, 5.74) is 0.624. The van der Waals surface area contributed by atoms with E-state index in [1.807, 2.05) is 12.1 Å². The van der Waals surface area contributed by atoms with Gasteiger partial charge in [-0.05, 0) is 36.4 Å². The lowest BCUT2D eigenvalue weighted by atomic mass is 10.2. The molecule has 0 aliphatic carbocycles. The summed E-state index contributed by atoms with van der Waals surface area (Å²) >= 11 is 16.8. The maximum atomic E-state index is 11.0. The van der Waals surface area contributed by atoms with Crippen LogP contribution in [0.2, 0.25) is 10.0 Å².